The summed E-state index contributed by atoms with van der Waals surface area (Å²) in [5.41, 5.74) is 3.08. The molecule has 184 valence electrons. The predicted octanol–water partition coefficient (Wildman–Crippen LogP) is 6.16. The highest BCUT2D eigenvalue weighted by Crippen LogP contribution is 2.23. The summed E-state index contributed by atoms with van der Waals surface area (Å²) < 4.78 is 21.1. The first-order valence-electron chi connectivity index (χ1n) is 11.4. The maximum absolute atomic E-state index is 14.0. The predicted molar refractivity (Wildman–Crippen MR) is 139 cm³/mol. The second kappa shape index (κ2) is 10.4. The normalized spacial score (nSPS) is 11.2. The van der Waals surface area contributed by atoms with E-state index >= 15 is 0 Å². The van der Waals surface area contributed by atoms with E-state index in [-0.39, 0.29) is 11.7 Å². The summed E-state index contributed by atoms with van der Waals surface area (Å²) in [6.07, 6.45) is 5.10. The number of rotatable bonds is 4. The van der Waals surface area contributed by atoms with Crippen LogP contribution in [-0.2, 0) is 11.3 Å². The first-order chi connectivity index (χ1) is 17.1. The molecule has 8 heteroatoms. The molecule has 0 saturated carbocycles. The van der Waals surface area contributed by atoms with E-state index in [0.29, 0.717) is 18.1 Å². The van der Waals surface area contributed by atoms with E-state index in [4.69, 9.17) is 16.3 Å². The molecule has 1 amide bonds. The molecule has 4 rings (SSSR count). The minimum atomic E-state index is -0.537. The number of amides is 1. The van der Waals surface area contributed by atoms with Crippen molar-refractivity contribution in [3.05, 3.63) is 83.0 Å². The Labute approximate surface area is 214 Å². The van der Waals surface area contributed by atoms with Crippen LogP contribution < -0.4 is 0 Å². The van der Waals surface area contributed by atoms with Gasteiger partial charge in [-0.05, 0) is 63.2 Å². The van der Waals surface area contributed by atoms with Gasteiger partial charge in [0.25, 0.3) is 0 Å². The minimum Gasteiger partial charge on any atom is -0.444 e. The SMILES string of the molecule is CN(CCn1cc(-c2cnc3ccc(C#Cc4cc(Cl)ccc4F)cc3c2)cn1)C(=O)OC(C)(C)C. The first kappa shape index (κ1) is 25.2. The molecule has 0 saturated heterocycles. The Bertz CT molecular complexity index is 1480. The highest BCUT2D eigenvalue weighted by Gasteiger charge is 2.19. The summed E-state index contributed by atoms with van der Waals surface area (Å²) in [4.78, 5) is 18.2. The molecule has 0 aliphatic rings. The van der Waals surface area contributed by atoms with Crippen molar-refractivity contribution in [2.75, 3.05) is 13.6 Å². The van der Waals surface area contributed by atoms with Gasteiger partial charge in [0, 0.05) is 53.1 Å². The molecule has 0 spiro atoms. The number of carbonyl (C=O) groups is 1. The molecule has 36 heavy (non-hydrogen) atoms. The van der Waals surface area contributed by atoms with Crippen LogP contribution in [0, 0.1) is 17.7 Å². The molecule has 0 radical (unpaired) electrons. The van der Waals surface area contributed by atoms with Crippen LogP contribution in [0.25, 0.3) is 22.0 Å². The van der Waals surface area contributed by atoms with E-state index in [1.165, 1.54) is 23.1 Å². The lowest BCUT2D eigenvalue weighted by atomic mass is 10.1. The fraction of sp³-hybridized carbons (Fsp3) is 0.250. The van der Waals surface area contributed by atoms with Crippen LogP contribution in [0.5, 0.6) is 0 Å². The zero-order chi connectivity index (χ0) is 25.9. The van der Waals surface area contributed by atoms with Gasteiger partial charge in [-0.3, -0.25) is 9.67 Å². The third kappa shape index (κ3) is 6.41. The van der Waals surface area contributed by atoms with E-state index in [1.807, 2.05) is 51.2 Å². The Hall–Kier alpha value is -3.89. The van der Waals surface area contributed by atoms with Crippen LogP contribution in [0.1, 0.15) is 31.9 Å². The van der Waals surface area contributed by atoms with E-state index in [9.17, 15) is 9.18 Å². The quantitative estimate of drug-likeness (QED) is 0.312. The molecule has 6 nitrogen and oxygen atoms in total. The number of fused-ring (bicyclic) bond motifs is 1. The number of hydrogen-bond acceptors (Lipinski definition) is 4. The summed E-state index contributed by atoms with van der Waals surface area (Å²) in [5.74, 6) is 5.44. The van der Waals surface area contributed by atoms with E-state index in [2.05, 4.69) is 21.9 Å². The average Bonchev–Trinajstić information content (AvgIpc) is 3.30. The Morgan fingerprint density at radius 1 is 1.11 bits per heavy atom. The number of ether oxygens (including phenoxy) is 1. The second-order valence-electron chi connectivity index (χ2n) is 9.40. The van der Waals surface area contributed by atoms with Gasteiger partial charge in [0.15, 0.2) is 0 Å². The first-order valence-corrected chi connectivity index (χ1v) is 11.8. The average molecular weight is 505 g/mol. The number of hydrogen-bond donors (Lipinski definition) is 0. The summed E-state index contributed by atoms with van der Waals surface area (Å²) >= 11 is 5.95. The molecule has 0 N–H and O–H groups in total. The fourth-order valence-corrected chi connectivity index (χ4v) is 3.59. The van der Waals surface area contributed by atoms with E-state index in [1.54, 1.807) is 24.1 Å². The third-order valence-electron chi connectivity index (χ3n) is 5.29. The molecule has 0 atom stereocenters. The molecule has 0 fully saturated rings. The zero-order valence-electron chi connectivity index (χ0n) is 20.5. The molecular formula is C28H26ClFN4O2. The standard InChI is InChI=1S/C28H26ClFN4O2/c1-28(2,3)36-27(35)33(4)11-12-34-18-23(17-32-34)22-14-21-13-19(6-10-26(21)31-16-22)5-7-20-15-24(29)8-9-25(20)30/h6,8-10,13-18H,11-12H2,1-4H3. The lowest BCUT2D eigenvalue weighted by Gasteiger charge is -2.24. The van der Waals surface area contributed by atoms with Gasteiger partial charge in [0.1, 0.15) is 11.4 Å². The number of aromatic nitrogens is 3. The van der Waals surface area contributed by atoms with Crippen LogP contribution in [0.15, 0.2) is 61.1 Å². The van der Waals surface area contributed by atoms with Crippen molar-refractivity contribution < 1.29 is 13.9 Å². The van der Waals surface area contributed by atoms with Crippen LogP contribution in [-0.4, -0.2) is 45.0 Å². The molecule has 0 bridgehead atoms. The van der Waals surface area contributed by atoms with Crippen molar-refractivity contribution in [2.45, 2.75) is 32.9 Å². The Balaban J connectivity index is 1.49. The number of carbonyl (C=O) groups excluding carboxylic acids is 1. The molecular weight excluding hydrogens is 479 g/mol. The highest BCUT2D eigenvalue weighted by molar-refractivity contribution is 6.30. The van der Waals surface area contributed by atoms with Gasteiger partial charge in [-0.15, -0.1) is 0 Å². The third-order valence-corrected chi connectivity index (χ3v) is 5.52. The summed E-state index contributed by atoms with van der Waals surface area (Å²) in [5, 5.41) is 5.76. The summed E-state index contributed by atoms with van der Waals surface area (Å²) in [7, 11) is 1.70. The maximum atomic E-state index is 14.0. The molecule has 0 aliphatic heterocycles. The Morgan fingerprint density at radius 2 is 1.92 bits per heavy atom. The van der Waals surface area contributed by atoms with Gasteiger partial charge in [-0.25, -0.2) is 9.18 Å². The molecule has 2 heterocycles. The number of nitrogens with zero attached hydrogens (tertiary/aromatic N) is 4. The van der Waals surface area contributed by atoms with Gasteiger partial charge in [0.2, 0.25) is 0 Å². The molecule has 2 aromatic carbocycles. The Kier molecular flexibility index (Phi) is 7.27. The number of likely N-dealkylation sites (N-methyl/N-ethyl adjacent to an activating group) is 1. The Morgan fingerprint density at radius 3 is 2.69 bits per heavy atom. The van der Waals surface area contributed by atoms with Gasteiger partial charge < -0.3 is 9.64 Å². The maximum Gasteiger partial charge on any atom is 0.410 e. The van der Waals surface area contributed by atoms with Crippen molar-refractivity contribution in [3.63, 3.8) is 0 Å². The monoisotopic (exact) mass is 504 g/mol. The molecule has 0 unspecified atom stereocenters. The van der Waals surface area contributed by atoms with Crippen LogP contribution >= 0.6 is 11.6 Å². The van der Waals surface area contributed by atoms with Gasteiger partial charge >= 0.3 is 6.09 Å². The smallest absolute Gasteiger partial charge is 0.410 e. The topological polar surface area (TPSA) is 60.2 Å². The number of pyridine rings is 1. The van der Waals surface area contributed by atoms with E-state index < -0.39 is 11.4 Å². The highest BCUT2D eigenvalue weighted by atomic mass is 35.5. The van der Waals surface area contributed by atoms with Crippen molar-refractivity contribution in [1.82, 2.24) is 19.7 Å². The molecule has 0 aliphatic carbocycles. The fourth-order valence-electron chi connectivity index (χ4n) is 3.42. The van der Waals surface area contributed by atoms with Gasteiger partial charge in [0.05, 0.1) is 23.8 Å². The van der Waals surface area contributed by atoms with Gasteiger partial charge in [-0.1, -0.05) is 23.4 Å². The largest absolute Gasteiger partial charge is 0.444 e. The number of benzene rings is 2. The summed E-state index contributed by atoms with van der Waals surface area (Å²) in [6.45, 7) is 6.50. The number of halogens is 2. The van der Waals surface area contributed by atoms with Gasteiger partial charge in [-0.2, -0.15) is 5.10 Å². The van der Waals surface area contributed by atoms with Crippen LogP contribution in [0.2, 0.25) is 5.02 Å². The van der Waals surface area contributed by atoms with Crippen molar-refractivity contribution in [1.29, 1.82) is 0 Å². The molecule has 4 aromatic rings. The van der Waals surface area contributed by atoms with Crippen molar-refractivity contribution >= 4 is 28.6 Å². The van der Waals surface area contributed by atoms with E-state index in [0.717, 1.165) is 27.6 Å². The lowest BCUT2D eigenvalue weighted by Crippen LogP contribution is -2.35. The minimum absolute atomic E-state index is 0.249. The van der Waals surface area contributed by atoms with Crippen molar-refractivity contribution in [3.8, 4) is 23.0 Å². The van der Waals surface area contributed by atoms with Crippen molar-refractivity contribution in [2.24, 2.45) is 0 Å². The lowest BCUT2D eigenvalue weighted by molar-refractivity contribution is 0.0292. The summed E-state index contributed by atoms with van der Waals surface area (Å²) in [6, 6.07) is 12.0. The second-order valence-corrected chi connectivity index (χ2v) is 9.84. The zero-order valence-corrected chi connectivity index (χ0v) is 21.3. The molecule has 2 aromatic heterocycles. The van der Waals surface area contributed by atoms with Crippen LogP contribution in [0.4, 0.5) is 9.18 Å². The van der Waals surface area contributed by atoms with Crippen LogP contribution in [0.3, 0.4) is 0 Å².